The van der Waals surface area contributed by atoms with Crippen LogP contribution in [0.3, 0.4) is 0 Å². The van der Waals surface area contributed by atoms with Gasteiger partial charge in [0.1, 0.15) is 11.5 Å². The van der Waals surface area contributed by atoms with Crippen molar-refractivity contribution in [3.05, 3.63) is 29.7 Å². The monoisotopic (exact) mass is 318 g/mol. The number of aliphatic hydroxyl groups excluding tert-OH is 1. The summed E-state index contributed by atoms with van der Waals surface area (Å²) in [6.45, 7) is 7.13. The van der Waals surface area contributed by atoms with E-state index in [1.54, 1.807) is 17.9 Å². The molecule has 124 valence electrons. The predicted molar refractivity (Wildman–Crippen MR) is 85.1 cm³/mol. The van der Waals surface area contributed by atoms with Crippen LogP contribution >= 0.6 is 0 Å². The first-order chi connectivity index (χ1) is 11.0. The number of aliphatic hydroxyl groups is 1. The van der Waals surface area contributed by atoms with E-state index in [0.717, 1.165) is 18.8 Å². The van der Waals surface area contributed by atoms with Crippen molar-refractivity contribution >= 4 is 5.91 Å². The number of β-amino-alcohol motifs (C(OH)–C–C–N with tert-alkyl or cyclic N) is 1. The molecule has 0 aromatic carbocycles. The molecule has 0 aliphatic carbocycles. The predicted octanol–water partition coefficient (Wildman–Crippen LogP) is 1.12. The van der Waals surface area contributed by atoms with Crippen molar-refractivity contribution < 1.29 is 14.3 Å². The molecule has 0 spiro atoms. The van der Waals surface area contributed by atoms with E-state index in [1.807, 2.05) is 19.1 Å². The van der Waals surface area contributed by atoms with E-state index in [9.17, 15) is 9.90 Å². The Morgan fingerprint density at radius 3 is 2.74 bits per heavy atom. The summed E-state index contributed by atoms with van der Waals surface area (Å²) in [5.41, 5.74) is 1.10. The van der Waals surface area contributed by atoms with Gasteiger partial charge < -0.3 is 14.4 Å². The molecule has 3 heterocycles. The average Bonchev–Trinajstić information content (AvgIpc) is 3.15. The second kappa shape index (κ2) is 6.55. The molecule has 1 aliphatic rings. The lowest BCUT2D eigenvalue weighted by molar-refractivity contribution is 0.0549. The van der Waals surface area contributed by atoms with Gasteiger partial charge in [-0.15, -0.1) is 0 Å². The zero-order valence-electron chi connectivity index (χ0n) is 13.5. The third-order valence-electron chi connectivity index (χ3n) is 3.98. The van der Waals surface area contributed by atoms with Crippen molar-refractivity contribution in [1.82, 2.24) is 20.0 Å². The Hall–Kier alpha value is -2.12. The molecule has 23 heavy (non-hydrogen) atoms. The zero-order valence-corrected chi connectivity index (χ0v) is 13.5. The number of piperazine rings is 1. The van der Waals surface area contributed by atoms with Crippen LogP contribution in [0.5, 0.6) is 0 Å². The molecular weight excluding hydrogens is 296 g/mol. The molecule has 1 atom stereocenters. The Labute approximate surface area is 134 Å². The number of hydrogen-bond acceptors (Lipinski definition) is 5. The van der Waals surface area contributed by atoms with Crippen molar-refractivity contribution in [3.63, 3.8) is 0 Å². The summed E-state index contributed by atoms with van der Waals surface area (Å²) in [6.07, 6.45) is -0.345. The molecular formula is C16H22N4O3. The van der Waals surface area contributed by atoms with Crippen LogP contribution in [0.15, 0.2) is 22.6 Å². The van der Waals surface area contributed by atoms with E-state index >= 15 is 0 Å². The standard InChI is InChI=1S/C16H22N4O3/c1-11(21)10-19-5-7-20(8-6-19)16(22)14-9-13(17-18-14)15-4-3-12(2)23-15/h3-4,9,11,21H,5-8,10H2,1-2H3,(H,17,18)/t11-/m0/s1. The topological polar surface area (TPSA) is 85.6 Å². The molecule has 1 amide bonds. The summed E-state index contributed by atoms with van der Waals surface area (Å²) in [5, 5.41) is 16.4. The summed E-state index contributed by atoms with van der Waals surface area (Å²) in [5.74, 6) is 1.42. The SMILES string of the molecule is Cc1ccc(-c2cc(C(=O)N3CCN(C[C@H](C)O)CC3)n[nH]2)o1. The Morgan fingerprint density at radius 2 is 2.13 bits per heavy atom. The van der Waals surface area contributed by atoms with E-state index in [1.165, 1.54) is 0 Å². The number of nitrogens with one attached hydrogen (secondary N) is 1. The highest BCUT2D eigenvalue weighted by Crippen LogP contribution is 2.21. The fraction of sp³-hybridized carbons (Fsp3) is 0.500. The third-order valence-corrected chi connectivity index (χ3v) is 3.98. The van der Waals surface area contributed by atoms with Gasteiger partial charge >= 0.3 is 0 Å². The number of carbonyl (C=O) groups is 1. The maximum Gasteiger partial charge on any atom is 0.274 e. The Morgan fingerprint density at radius 1 is 1.39 bits per heavy atom. The van der Waals surface area contributed by atoms with Crippen LogP contribution in [0.25, 0.3) is 11.5 Å². The molecule has 1 aliphatic heterocycles. The largest absolute Gasteiger partial charge is 0.460 e. The van der Waals surface area contributed by atoms with Crippen LogP contribution in [0, 0.1) is 6.92 Å². The first kappa shape index (κ1) is 15.8. The van der Waals surface area contributed by atoms with Gasteiger partial charge in [0, 0.05) is 38.8 Å². The first-order valence-corrected chi connectivity index (χ1v) is 7.85. The molecule has 3 rings (SSSR count). The first-order valence-electron chi connectivity index (χ1n) is 7.85. The molecule has 7 heteroatoms. The number of amides is 1. The maximum atomic E-state index is 12.5. The lowest BCUT2D eigenvalue weighted by atomic mass is 10.2. The Kier molecular flexibility index (Phi) is 4.49. The molecule has 0 unspecified atom stereocenters. The van der Waals surface area contributed by atoms with Gasteiger partial charge in [-0.1, -0.05) is 0 Å². The maximum absolute atomic E-state index is 12.5. The molecule has 0 bridgehead atoms. The van der Waals surface area contributed by atoms with Crippen LogP contribution in [0.4, 0.5) is 0 Å². The van der Waals surface area contributed by atoms with Crippen molar-refractivity contribution in [1.29, 1.82) is 0 Å². The molecule has 2 aromatic heterocycles. The minimum Gasteiger partial charge on any atom is -0.460 e. The smallest absolute Gasteiger partial charge is 0.274 e. The van der Waals surface area contributed by atoms with E-state index in [-0.39, 0.29) is 12.0 Å². The summed E-state index contributed by atoms with van der Waals surface area (Å²) in [7, 11) is 0. The number of furan rings is 1. The van der Waals surface area contributed by atoms with Crippen LogP contribution < -0.4 is 0 Å². The van der Waals surface area contributed by atoms with Gasteiger partial charge in [-0.3, -0.25) is 14.8 Å². The highest BCUT2D eigenvalue weighted by molar-refractivity contribution is 5.93. The Balaban J connectivity index is 1.62. The van der Waals surface area contributed by atoms with Crippen LogP contribution in [-0.4, -0.2) is 69.8 Å². The molecule has 1 fully saturated rings. The van der Waals surface area contributed by atoms with E-state index in [4.69, 9.17) is 4.42 Å². The van der Waals surface area contributed by atoms with Gasteiger partial charge in [-0.05, 0) is 26.0 Å². The fourth-order valence-corrected chi connectivity index (χ4v) is 2.81. The number of aromatic amines is 1. The van der Waals surface area contributed by atoms with Crippen LogP contribution in [-0.2, 0) is 0 Å². The summed E-state index contributed by atoms with van der Waals surface area (Å²) < 4.78 is 5.53. The molecule has 0 saturated carbocycles. The van der Waals surface area contributed by atoms with Crippen molar-refractivity contribution in [2.45, 2.75) is 20.0 Å². The van der Waals surface area contributed by atoms with Gasteiger partial charge in [0.15, 0.2) is 11.5 Å². The van der Waals surface area contributed by atoms with E-state index in [2.05, 4.69) is 15.1 Å². The molecule has 0 radical (unpaired) electrons. The number of aryl methyl sites for hydroxylation is 1. The number of carbonyl (C=O) groups excluding carboxylic acids is 1. The van der Waals surface area contributed by atoms with Gasteiger partial charge in [-0.2, -0.15) is 5.10 Å². The highest BCUT2D eigenvalue weighted by atomic mass is 16.3. The van der Waals surface area contributed by atoms with Gasteiger partial charge in [0.25, 0.3) is 5.91 Å². The molecule has 1 saturated heterocycles. The number of hydrogen-bond donors (Lipinski definition) is 2. The fourth-order valence-electron chi connectivity index (χ4n) is 2.81. The summed E-state index contributed by atoms with van der Waals surface area (Å²) in [4.78, 5) is 16.5. The van der Waals surface area contributed by atoms with Gasteiger partial charge in [0.05, 0.1) is 6.10 Å². The number of H-pyrrole nitrogens is 1. The second-order valence-electron chi connectivity index (χ2n) is 6.02. The van der Waals surface area contributed by atoms with Crippen molar-refractivity contribution in [3.8, 4) is 11.5 Å². The van der Waals surface area contributed by atoms with Crippen molar-refractivity contribution in [2.75, 3.05) is 32.7 Å². The number of aromatic nitrogens is 2. The quantitative estimate of drug-likeness (QED) is 0.882. The lowest BCUT2D eigenvalue weighted by Crippen LogP contribution is -2.50. The minimum absolute atomic E-state index is 0.0764. The number of rotatable bonds is 4. The molecule has 7 nitrogen and oxygen atoms in total. The summed E-state index contributed by atoms with van der Waals surface area (Å²) >= 11 is 0. The lowest BCUT2D eigenvalue weighted by Gasteiger charge is -2.34. The molecule has 2 aromatic rings. The summed E-state index contributed by atoms with van der Waals surface area (Å²) in [6, 6.07) is 5.45. The number of nitrogens with zero attached hydrogens (tertiary/aromatic N) is 3. The van der Waals surface area contributed by atoms with Gasteiger partial charge in [-0.25, -0.2) is 0 Å². The second-order valence-corrected chi connectivity index (χ2v) is 6.02. The zero-order chi connectivity index (χ0) is 16.4. The minimum atomic E-state index is -0.345. The van der Waals surface area contributed by atoms with Gasteiger partial charge in [0.2, 0.25) is 0 Å². The third kappa shape index (κ3) is 3.62. The average molecular weight is 318 g/mol. The Bertz CT molecular complexity index is 668. The highest BCUT2D eigenvalue weighted by Gasteiger charge is 2.24. The molecule has 2 N–H and O–H groups in total. The normalized spacial score (nSPS) is 17.4. The van der Waals surface area contributed by atoms with E-state index < -0.39 is 0 Å². The van der Waals surface area contributed by atoms with E-state index in [0.29, 0.717) is 36.8 Å². The van der Waals surface area contributed by atoms with Crippen LogP contribution in [0.2, 0.25) is 0 Å². The van der Waals surface area contributed by atoms with Crippen molar-refractivity contribution in [2.24, 2.45) is 0 Å². The van der Waals surface area contributed by atoms with Crippen LogP contribution in [0.1, 0.15) is 23.2 Å².